The van der Waals surface area contributed by atoms with Gasteiger partial charge in [0.15, 0.2) is 0 Å². The Morgan fingerprint density at radius 1 is 1.30 bits per heavy atom. The van der Waals surface area contributed by atoms with E-state index in [1.165, 1.54) is 6.42 Å². The van der Waals surface area contributed by atoms with E-state index in [1.807, 2.05) is 0 Å². The Bertz CT molecular complexity index is 391. The van der Waals surface area contributed by atoms with Crippen molar-refractivity contribution >= 4 is 11.9 Å². The minimum Gasteiger partial charge on any atom is -0.480 e. The van der Waals surface area contributed by atoms with Crippen molar-refractivity contribution in [1.82, 2.24) is 4.90 Å². The number of likely N-dealkylation sites (tertiary alicyclic amines) is 1. The average molecular weight is 281 g/mol. The van der Waals surface area contributed by atoms with Gasteiger partial charge in [-0.15, -0.1) is 0 Å². The molecule has 1 aliphatic heterocycles. The van der Waals surface area contributed by atoms with Gasteiger partial charge in [-0.3, -0.25) is 4.79 Å². The highest BCUT2D eigenvalue weighted by Gasteiger charge is 2.37. The van der Waals surface area contributed by atoms with Crippen LogP contribution in [0.25, 0.3) is 0 Å². The first-order valence-corrected chi connectivity index (χ1v) is 7.81. The summed E-state index contributed by atoms with van der Waals surface area (Å²) in [5.74, 6) is 0.264. The molecule has 3 atom stereocenters. The van der Waals surface area contributed by atoms with Crippen LogP contribution in [0.4, 0.5) is 0 Å². The summed E-state index contributed by atoms with van der Waals surface area (Å²) >= 11 is 0. The predicted molar refractivity (Wildman–Crippen MR) is 77.3 cm³/mol. The van der Waals surface area contributed by atoms with Gasteiger partial charge < -0.3 is 10.0 Å². The van der Waals surface area contributed by atoms with Crippen molar-refractivity contribution in [3.8, 4) is 0 Å². The molecule has 2 fully saturated rings. The first kappa shape index (κ1) is 15.3. The normalized spacial score (nSPS) is 33.1. The molecular weight excluding hydrogens is 254 g/mol. The van der Waals surface area contributed by atoms with Crippen LogP contribution in [0.3, 0.4) is 0 Å². The van der Waals surface area contributed by atoms with Gasteiger partial charge in [0.2, 0.25) is 5.91 Å². The van der Waals surface area contributed by atoms with E-state index in [2.05, 4.69) is 20.8 Å². The predicted octanol–water partition coefficient (Wildman–Crippen LogP) is 2.91. The second-order valence-electron chi connectivity index (χ2n) is 7.57. The number of carbonyl (C=O) groups is 2. The van der Waals surface area contributed by atoms with Crippen LogP contribution in [-0.4, -0.2) is 34.5 Å². The number of amides is 1. The number of carbonyl (C=O) groups excluding carboxylic acids is 1. The summed E-state index contributed by atoms with van der Waals surface area (Å²) in [6.07, 6.45) is 5.34. The highest BCUT2D eigenvalue weighted by Crippen LogP contribution is 2.43. The molecule has 1 heterocycles. The largest absolute Gasteiger partial charge is 0.480 e. The molecule has 114 valence electrons. The second kappa shape index (κ2) is 5.74. The van der Waals surface area contributed by atoms with E-state index in [4.69, 9.17) is 5.11 Å². The minimum atomic E-state index is -0.854. The fourth-order valence-electron chi connectivity index (χ4n) is 4.39. The third kappa shape index (κ3) is 3.53. The van der Waals surface area contributed by atoms with Crippen LogP contribution < -0.4 is 0 Å². The summed E-state index contributed by atoms with van der Waals surface area (Å²) in [6, 6.07) is -0.587. The first-order valence-electron chi connectivity index (χ1n) is 7.81. The van der Waals surface area contributed by atoms with Gasteiger partial charge in [-0.25, -0.2) is 4.79 Å². The molecule has 2 rings (SSSR count). The van der Waals surface area contributed by atoms with Gasteiger partial charge in [0.1, 0.15) is 6.04 Å². The van der Waals surface area contributed by atoms with Gasteiger partial charge in [0, 0.05) is 13.0 Å². The molecule has 0 aromatic carbocycles. The maximum absolute atomic E-state index is 12.4. The molecule has 1 aliphatic carbocycles. The van der Waals surface area contributed by atoms with E-state index in [9.17, 15) is 9.59 Å². The molecule has 0 bridgehead atoms. The van der Waals surface area contributed by atoms with Crippen molar-refractivity contribution in [2.45, 2.75) is 65.3 Å². The quantitative estimate of drug-likeness (QED) is 0.865. The summed E-state index contributed by atoms with van der Waals surface area (Å²) in [5.41, 5.74) is 0.305. The van der Waals surface area contributed by atoms with Crippen LogP contribution in [0.5, 0.6) is 0 Å². The molecule has 4 nitrogen and oxygen atoms in total. The zero-order valence-electron chi connectivity index (χ0n) is 12.9. The number of carboxylic acid groups (broad SMARTS) is 1. The lowest BCUT2D eigenvalue weighted by Crippen LogP contribution is -2.42. The number of aliphatic carboxylic acids is 1. The molecular formula is C16H27NO3. The van der Waals surface area contributed by atoms with Crippen LogP contribution >= 0.6 is 0 Å². The molecule has 1 amide bonds. The average Bonchev–Trinajstić information content (AvgIpc) is 2.74. The SMILES string of the molecule is CC1CC(CC(=O)N2CCC[C@H]2C(=O)O)CC(C)(C)C1. The standard InChI is InChI=1S/C16H27NO3/c1-11-7-12(10-16(2,3)9-11)8-14(18)17-6-4-5-13(17)15(19)20/h11-13H,4-10H2,1-3H3,(H,19,20)/t11?,12?,13-/m0/s1. The van der Waals surface area contributed by atoms with Gasteiger partial charge in [-0.2, -0.15) is 0 Å². The Balaban J connectivity index is 1.95. The number of carboxylic acids is 1. The highest BCUT2D eigenvalue weighted by atomic mass is 16.4. The summed E-state index contributed by atoms with van der Waals surface area (Å²) in [5, 5.41) is 9.17. The van der Waals surface area contributed by atoms with E-state index >= 15 is 0 Å². The highest BCUT2D eigenvalue weighted by molar-refractivity contribution is 5.84. The first-order chi connectivity index (χ1) is 9.28. The van der Waals surface area contributed by atoms with E-state index in [0.717, 1.165) is 19.3 Å². The Labute approximate surface area is 121 Å². The Morgan fingerprint density at radius 3 is 2.60 bits per heavy atom. The number of rotatable bonds is 3. The monoisotopic (exact) mass is 281 g/mol. The maximum atomic E-state index is 12.4. The van der Waals surface area contributed by atoms with E-state index in [0.29, 0.717) is 36.6 Å². The van der Waals surface area contributed by atoms with Crippen LogP contribution in [0.15, 0.2) is 0 Å². The molecule has 0 aromatic heterocycles. The van der Waals surface area contributed by atoms with Crippen LogP contribution in [0, 0.1) is 17.3 Å². The van der Waals surface area contributed by atoms with E-state index < -0.39 is 12.0 Å². The summed E-state index contributed by atoms with van der Waals surface area (Å²) in [7, 11) is 0. The third-order valence-corrected chi connectivity index (χ3v) is 4.80. The number of hydrogen-bond acceptors (Lipinski definition) is 2. The van der Waals surface area contributed by atoms with Crippen LogP contribution in [-0.2, 0) is 9.59 Å². The number of hydrogen-bond donors (Lipinski definition) is 1. The topological polar surface area (TPSA) is 57.6 Å². The van der Waals surface area contributed by atoms with Crippen molar-refractivity contribution in [1.29, 1.82) is 0 Å². The molecule has 20 heavy (non-hydrogen) atoms. The van der Waals surface area contributed by atoms with E-state index in [-0.39, 0.29) is 5.91 Å². The smallest absolute Gasteiger partial charge is 0.326 e. The molecule has 4 heteroatoms. The zero-order chi connectivity index (χ0) is 14.9. The molecule has 1 saturated carbocycles. The van der Waals surface area contributed by atoms with Gasteiger partial charge in [-0.1, -0.05) is 20.8 Å². The van der Waals surface area contributed by atoms with E-state index in [1.54, 1.807) is 4.90 Å². The van der Waals surface area contributed by atoms with Crippen molar-refractivity contribution in [2.75, 3.05) is 6.54 Å². The summed E-state index contributed by atoms with van der Waals surface area (Å²) < 4.78 is 0. The van der Waals surface area contributed by atoms with Crippen LogP contribution in [0.2, 0.25) is 0 Å². The molecule has 0 spiro atoms. The van der Waals surface area contributed by atoms with Crippen molar-refractivity contribution in [2.24, 2.45) is 17.3 Å². The van der Waals surface area contributed by atoms with Gasteiger partial charge in [-0.05, 0) is 49.4 Å². The fraction of sp³-hybridized carbons (Fsp3) is 0.875. The molecule has 1 N–H and O–H groups in total. The Morgan fingerprint density at radius 2 is 2.00 bits per heavy atom. The Hall–Kier alpha value is -1.06. The van der Waals surface area contributed by atoms with Gasteiger partial charge in [0.05, 0.1) is 0 Å². The van der Waals surface area contributed by atoms with Gasteiger partial charge >= 0.3 is 5.97 Å². The molecule has 0 radical (unpaired) electrons. The second-order valence-corrected chi connectivity index (χ2v) is 7.57. The summed E-state index contributed by atoms with van der Waals surface area (Å²) in [6.45, 7) is 7.42. The van der Waals surface area contributed by atoms with Gasteiger partial charge in [0.25, 0.3) is 0 Å². The summed E-state index contributed by atoms with van der Waals surface area (Å²) in [4.78, 5) is 25.2. The Kier molecular flexibility index (Phi) is 4.40. The lowest BCUT2D eigenvalue weighted by Gasteiger charge is -2.39. The lowest BCUT2D eigenvalue weighted by molar-refractivity contribution is -0.148. The molecule has 2 unspecified atom stereocenters. The van der Waals surface area contributed by atoms with Crippen molar-refractivity contribution in [3.63, 3.8) is 0 Å². The fourth-order valence-corrected chi connectivity index (χ4v) is 4.39. The lowest BCUT2D eigenvalue weighted by atomic mass is 9.67. The molecule has 2 aliphatic rings. The number of nitrogens with zero attached hydrogens (tertiary/aromatic N) is 1. The third-order valence-electron chi connectivity index (χ3n) is 4.80. The van der Waals surface area contributed by atoms with Crippen LogP contribution in [0.1, 0.15) is 59.3 Å². The zero-order valence-corrected chi connectivity index (χ0v) is 12.9. The van der Waals surface area contributed by atoms with Crippen molar-refractivity contribution in [3.05, 3.63) is 0 Å². The molecule has 1 saturated heterocycles. The van der Waals surface area contributed by atoms with Crippen molar-refractivity contribution < 1.29 is 14.7 Å². The molecule has 0 aromatic rings. The minimum absolute atomic E-state index is 0.0461. The maximum Gasteiger partial charge on any atom is 0.326 e.